The average Bonchev–Trinajstić information content (AvgIpc) is 3.09. The highest BCUT2D eigenvalue weighted by Crippen LogP contribution is 2.15. The summed E-state index contributed by atoms with van der Waals surface area (Å²) < 4.78 is 7.05. The van der Waals surface area contributed by atoms with Crippen LogP contribution in [0.15, 0.2) is 35.4 Å². The van der Waals surface area contributed by atoms with Gasteiger partial charge in [0.05, 0.1) is 29.4 Å². The Balaban J connectivity index is 1.60. The fourth-order valence-corrected chi connectivity index (χ4v) is 2.90. The van der Waals surface area contributed by atoms with Crippen molar-refractivity contribution in [2.45, 2.75) is 44.9 Å². The van der Waals surface area contributed by atoms with E-state index in [9.17, 15) is 9.59 Å². The summed E-state index contributed by atoms with van der Waals surface area (Å²) in [5, 5.41) is 3.52. The molecule has 1 saturated heterocycles. The van der Waals surface area contributed by atoms with Crippen LogP contribution in [0.2, 0.25) is 0 Å². The number of nitrogens with zero attached hydrogens (tertiary/aromatic N) is 2. The normalized spacial score (nSPS) is 18.9. The number of rotatable bonds is 5. The van der Waals surface area contributed by atoms with Gasteiger partial charge in [-0.2, -0.15) is 0 Å². The van der Waals surface area contributed by atoms with Gasteiger partial charge in [0.2, 0.25) is 5.91 Å². The van der Waals surface area contributed by atoms with Crippen molar-refractivity contribution >= 4 is 16.8 Å². The molecule has 2 atom stereocenters. The van der Waals surface area contributed by atoms with Gasteiger partial charge in [0.25, 0.3) is 5.56 Å². The molecule has 0 aliphatic carbocycles. The fraction of sp³-hybridized carbons (Fsp3) is 0.471. The van der Waals surface area contributed by atoms with E-state index in [1.807, 2.05) is 19.1 Å². The number of para-hydroxylation sites is 1. The molecule has 0 spiro atoms. The number of ether oxygens (including phenoxy) is 1. The number of benzene rings is 1. The molecule has 23 heavy (non-hydrogen) atoms. The average molecular weight is 315 g/mol. The number of aryl methyl sites for hydroxylation is 1. The molecule has 1 aromatic carbocycles. The smallest absolute Gasteiger partial charge is 0.261 e. The van der Waals surface area contributed by atoms with Crippen LogP contribution in [0, 0.1) is 0 Å². The highest BCUT2D eigenvalue weighted by molar-refractivity contribution is 5.77. The van der Waals surface area contributed by atoms with Gasteiger partial charge in [-0.1, -0.05) is 12.1 Å². The molecule has 6 nitrogen and oxygen atoms in total. The van der Waals surface area contributed by atoms with E-state index in [0.29, 0.717) is 17.4 Å². The molecule has 1 aliphatic heterocycles. The van der Waals surface area contributed by atoms with E-state index >= 15 is 0 Å². The minimum atomic E-state index is -0.115. The zero-order chi connectivity index (χ0) is 16.2. The quantitative estimate of drug-likeness (QED) is 0.907. The Morgan fingerprint density at radius 1 is 1.48 bits per heavy atom. The Bertz CT molecular complexity index is 750. The highest BCUT2D eigenvalue weighted by atomic mass is 16.5. The lowest BCUT2D eigenvalue weighted by molar-refractivity contribution is -0.122. The molecule has 0 radical (unpaired) electrons. The van der Waals surface area contributed by atoms with E-state index in [4.69, 9.17) is 4.74 Å². The van der Waals surface area contributed by atoms with Gasteiger partial charge in [0, 0.05) is 19.6 Å². The van der Waals surface area contributed by atoms with Gasteiger partial charge in [-0.25, -0.2) is 4.98 Å². The number of carbonyl (C=O) groups excluding carboxylic acids is 1. The predicted molar refractivity (Wildman–Crippen MR) is 87.2 cm³/mol. The maximum absolute atomic E-state index is 12.3. The zero-order valence-corrected chi connectivity index (χ0v) is 13.2. The van der Waals surface area contributed by atoms with Crippen LogP contribution in [-0.2, 0) is 16.1 Å². The molecule has 1 fully saturated rings. The van der Waals surface area contributed by atoms with Crippen LogP contribution in [-0.4, -0.2) is 34.2 Å². The van der Waals surface area contributed by atoms with Crippen molar-refractivity contribution in [3.63, 3.8) is 0 Å². The van der Waals surface area contributed by atoms with Gasteiger partial charge in [-0.05, 0) is 31.9 Å². The Labute approximate surface area is 134 Å². The summed E-state index contributed by atoms with van der Waals surface area (Å²) in [6.45, 7) is 3.04. The van der Waals surface area contributed by atoms with Crippen LogP contribution in [0.4, 0.5) is 0 Å². The van der Waals surface area contributed by atoms with Crippen LogP contribution in [0.25, 0.3) is 10.9 Å². The SMILES string of the molecule is C[C@H](NC(=O)CCn1cnc2ccccc2c1=O)[C@@H]1CCCO1. The first-order valence-electron chi connectivity index (χ1n) is 8.00. The lowest BCUT2D eigenvalue weighted by Crippen LogP contribution is -2.41. The van der Waals surface area contributed by atoms with E-state index in [0.717, 1.165) is 19.4 Å². The molecule has 1 N–H and O–H groups in total. The number of aromatic nitrogens is 2. The lowest BCUT2D eigenvalue weighted by atomic mass is 10.1. The topological polar surface area (TPSA) is 73.2 Å². The predicted octanol–water partition coefficient (Wildman–Crippen LogP) is 1.47. The Hall–Kier alpha value is -2.21. The second-order valence-corrected chi connectivity index (χ2v) is 5.92. The van der Waals surface area contributed by atoms with Gasteiger partial charge in [-0.3, -0.25) is 14.2 Å². The minimum absolute atomic E-state index is 0.00329. The lowest BCUT2D eigenvalue weighted by Gasteiger charge is -2.20. The van der Waals surface area contributed by atoms with E-state index in [1.54, 1.807) is 12.1 Å². The van der Waals surface area contributed by atoms with Gasteiger partial charge < -0.3 is 10.1 Å². The Morgan fingerprint density at radius 2 is 2.30 bits per heavy atom. The van der Waals surface area contributed by atoms with Gasteiger partial charge >= 0.3 is 0 Å². The molecular formula is C17H21N3O3. The fourth-order valence-electron chi connectivity index (χ4n) is 2.90. The molecule has 1 aliphatic rings. The first-order valence-corrected chi connectivity index (χ1v) is 8.00. The number of fused-ring (bicyclic) bond motifs is 1. The van der Waals surface area contributed by atoms with E-state index < -0.39 is 0 Å². The van der Waals surface area contributed by atoms with Crippen LogP contribution in [0.5, 0.6) is 0 Å². The van der Waals surface area contributed by atoms with Crippen LogP contribution in [0.3, 0.4) is 0 Å². The van der Waals surface area contributed by atoms with Crippen molar-refractivity contribution < 1.29 is 9.53 Å². The van der Waals surface area contributed by atoms with Crippen molar-refractivity contribution in [2.75, 3.05) is 6.61 Å². The number of carbonyl (C=O) groups is 1. The van der Waals surface area contributed by atoms with Crippen molar-refractivity contribution in [3.8, 4) is 0 Å². The molecule has 0 saturated carbocycles. The molecule has 2 heterocycles. The van der Waals surface area contributed by atoms with E-state index in [-0.39, 0.29) is 30.0 Å². The largest absolute Gasteiger partial charge is 0.376 e. The van der Waals surface area contributed by atoms with Crippen LogP contribution in [0.1, 0.15) is 26.2 Å². The second kappa shape index (κ2) is 6.91. The molecule has 2 aromatic rings. The molecule has 1 aromatic heterocycles. The number of nitrogens with one attached hydrogen (secondary N) is 1. The molecule has 6 heteroatoms. The second-order valence-electron chi connectivity index (χ2n) is 5.92. The van der Waals surface area contributed by atoms with E-state index in [2.05, 4.69) is 10.3 Å². The molecule has 1 amide bonds. The summed E-state index contributed by atoms with van der Waals surface area (Å²) in [6.07, 6.45) is 3.88. The van der Waals surface area contributed by atoms with Crippen molar-refractivity contribution in [1.82, 2.24) is 14.9 Å². The standard InChI is InChI=1S/C17H21N3O3/c1-12(15-7-4-10-23-15)19-16(21)8-9-20-11-18-14-6-3-2-5-13(14)17(20)22/h2-3,5-6,11-12,15H,4,7-10H2,1H3,(H,19,21)/t12-,15-/m0/s1. The summed E-state index contributed by atoms with van der Waals surface area (Å²) in [5.74, 6) is -0.0759. The summed E-state index contributed by atoms with van der Waals surface area (Å²) in [4.78, 5) is 28.7. The number of hydrogen-bond donors (Lipinski definition) is 1. The monoisotopic (exact) mass is 315 g/mol. The summed E-state index contributed by atoms with van der Waals surface area (Å²) in [5.41, 5.74) is 0.556. The zero-order valence-electron chi connectivity index (χ0n) is 13.2. The molecule has 122 valence electrons. The van der Waals surface area contributed by atoms with Gasteiger partial charge in [-0.15, -0.1) is 0 Å². The summed E-state index contributed by atoms with van der Waals surface area (Å²) >= 11 is 0. The first-order chi connectivity index (χ1) is 11.1. The molecule has 3 rings (SSSR count). The van der Waals surface area contributed by atoms with Crippen molar-refractivity contribution in [1.29, 1.82) is 0 Å². The third-order valence-electron chi connectivity index (χ3n) is 4.22. The van der Waals surface area contributed by atoms with Crippen LogP contribution >= 0.6 is 0 Å². The Kier molecular flexibility index (Phi) is 4.71. The van der Waals surface area contributed by atoms with Gasteiger partial charge in [0.15, 0.2) is 0 Å². The molecule has 0 bridgehead atoms. The molecule has 0 unspecified atom stereocenters. The maximum Gasteiger partial charge on any atom is 0.261 e. The van der Waals surface area contributed by atoms with Gasteiger partial charge in [0.1, 0.15) is 0 Å². The maximum atomic E-state index is 12.3. The number of hydrogen-bond acceptors (Lipinski definition) is 4. The van der Waals surface area contributed by atoms with Crippen molar-refractivity contribution in [2.24, 2.45) is 0 Å². The third kappa shape index (κ3) is 3.59. The number of amides is 1. The minimum Gasteiger partial charge on any atom is -0.376 e. The third-order valence-corrected chi connectivity index (χ3v) is 4.22. The van der Waals surface area contributed by atoms with Crippen molar-refractivity contribution in [3.05, 3.63) is 40.9 Å². The van der Waals surface area contributed by atoms with E-state index in [1.165, 1.54) is 10.9 Å². The Morgan fingerprint density at radius 3 is 3.09 bits per heavy atom. The van der Waals surface area contributed by atoms with Crippen LogP contribution < -0.4 is 10.9 Å². The highest BCUT2D eigenvalue weighted by Gasteiger charge is 2.23. The summed E-state index contributed by atoms with van der Waals surface area (Å²) in [6, 6.07) is 7.21. The molecular weight excluding hydrogens is 294 g/mol. The first kappa shape index (κ1) is 15.7. The summed E-state index contributed by atoms with van der Waals surface area (Å²) in [7, 11) is 0.